The van der Waals surface area contributed by atoms with E-state index in [-0.39, 0.29) is 5.76 Å². The number of aryl methyl sites for hydroxylation is 2. The molecular weight excluding hydrogens is 234 g/mol. The number of carboxylic acid groups (broad SMARTS) is 1. The lowest BCUT2D eigenvalue weighted by atomic mass is 10.2. The van der Waals surface area contributed by atoms with Gasteiger partial charge in [-0.15, -0.1) is 0 Å². The van der Waals surface area contributed by atoms with Crippen molar-refractivity contribution in [1.29, 1.82) is 0 Å². The highest BCUT2D eigenvalue weighted by Crippen LogP contribution is 2.14. The summed E-state index contributed by atoms with van der Waals surface area (Å²) in [5.41, 5.74) is 1.57. The van der Waals surface area contributed by atoms with E-state index in [4.69, 9.17) is 9.52 Å². The molecule has 0 saturated heterocycles. The number of furan rings is 1. The Kier molecular flexibility index (Phi) is 3.47. The zero-order valence-corrected chi connectivity index (χ0v) is 10.3. The van der Waals surface area contributed by atoms with Crippen molar-refractivity contribution in [3.8, 4) is 0 Å². The minimum absolute atomic E-state index is 0.00429. The van der Waals surface area contributed by atoms with Crippen molar-refractivity contribution in [2.75, 3.05) is 0 Å². The van der Waals surface area contributed by atoms with Gasteiger partial charge in [0.1, 0.15) is 5.76 Å². The average Bonchev–Trinajstić information content (AvgIpc) is 2.85. The summed E-state index contributed by atoms with van der Waals surface area (Å²) in [6.45, 7) is 2.81. The van der Waals surface area contributed by atoms with Crippen molar-refractivity contribution in [3.63, 3.8) is 0 Å². The topological polar surface area (TPSA) is 80.3 Å². The van der Waals surface area contributed by atoms with Gasteiger partial charge in [-0.2, -0.15) is 5.10 Å². The molecule has 2 heterocycles. The van der Waals surface area contributed by atoms with E-state index in [2.05, 4.69) is 10.4 Å². The SMILES string of the molecule is Cc1cc(CNCc2ccn(C)n2)oc1C(=O)O. The smallest absolute Gasteiger partial charge is 0.372 e. The summed E-state index contributed by atoms with van der Waals surface area (Å²) in [5.74, 6) is -0.422. The Morgan fingerprint density at radius 3 is 2.89 bits per heavy atom. The van der Waals surface area contributed by atoms with Crippen molar-refractivity contribution in [2.24, 2.45) is 7.05 Å². The molecule has 0 fully saturated rings. The van der Waals surface area contributed by atoms with Crippen molar-refractivity contribution in [1.82, 2.24) is 15.1 Å². The predicted octanol–water partition coefficient (Wildman–Crippen LogP) is 1.31. The van der Waals surface area contributed by atoms with Crippen LogP contribution in [0.2, 0.25) is 0 Å². The standard InChI is InChI=1S/C12H15N3O3/c1-8-5-10(18-11(8)12(16)17)7-13-6-9-3-4-15(2)14-9/h3-5,13H,6-7H2,1-2H3,(H,16,17). The van der Waals surface area contributed by atoms with E-state index in [0.717, 1.165) is 5.69 Å². The molecule has 0 saturated carbocycles. The highest BCUT2D eigenvalue weighted by Gasteiger charge is 2.13. The van der Waals surface area contributed by atoms with Gasteiger partial charge in [0.2, 0.25) is 5.76 Å². The number of rotatable bonds is 5. The summed E-state index contributed by atoms with van der Waals surface area (Å²) >= 11 is 0. The fourth-order valence-electron chi connectivity index (χ4n) is 1.72. The molecule has 6 heteroatoms. The number of carboxylic acids is 1. The first-order chi connectivity index (χ1) is 8.56. The Morgan fingerprint density at radius 2 is 2.33 bits per heavy atom. The molecule has 0 radical (unpaired) electrons. The van der Waals surface area contributed by atoms with Crippen LogP contribution < -0.4 is 5.32 Å². The monoisotopic (exact) mass is 249 g/mol. The normalized spacial score (nSPS) is 10.8. The van der Waals surface area contributed by atoms with Crippen LogP contribution in [0.3, 0.4) is 0 Å². The molecule has 2 aromatic heterocycles. The highest BCUT2D eigenvalue weighted by molar-refractivity contribution is 5.86. The number of aromatic nitrogens is 2. The molecule has 0 aliphatic rings. The van der Waals surface area contributed by atoms with Crippen molar-refractivity contribution in [2.45, 2.75) is 20.0 Å². The number of carbonyl (C=O) groups is 1. The summed E-state index contributed by atoms with van der Waals surface area (Å²) in [4.78, 5) is 10.8. The van der Waals surface area contributed by atoms with Gasteiger partial charge in [-0.25, -0.2) is 4.79 Å². The Balaban J connectivity index is 1.90. The Bertz CT molecular complexity index is 557. The molecule has 0 aliphatic heterocycles. The second kappa shape index (κ2) is 5.05. The number of nitrogens with zero attached hydrogens (tertiary/aromatic N) is 2. The van der Waals surface area contributed by atoms with Crippen molar-refractivity contribution < 1.29 is 14.3 Å². The van der Waals surface area contributed by atoms with Crippen molar-refractivity contribution in [3.05, 3.63) is 41.1 Å². The Morgan fingerprint density at radius 1 is 1.56 bits per heavy atom. The quantitative estimate of drug-likeness (QED) is 0.835. The lowest BCUT2D eigenvalue weighted by molar-refractivity contribution is 0.0659. The van der Waals surface area contributed by atoms with E-state index >= 15 is 0 Å². The van der Waals surface area contributed by atoms with Gasteiger partial charge >= 0.3 is 5.97 Å². The molecule has 0 amide bonds. The van der Waals surface area contributed by atoms with Crippen LogP contribution in [-0.4, -0.2) is 20.9 Å². The van der Waals surface area contributed by atoms with E-state index < -0.39 is 5.97 Å². The van der Waals surface area contributed by atoms with E-state index in [0.29, 0.717) is 24.4 Å². The molecule has 0 aromatic carbocycles. The molecule has 0 atom stereocenters. The van der Waals surface area contributed by atoms with Gasteiger partial charge in [0.25, 0.3) is 0 Å². The van der Waals surface area contributed by atoms with Crippen LogP contribution in [0, 0.1) is 6.92 Å². The molecule has 0 spiro atoms. The summed E-state index contributed by atoms with van der Waals surface area (Å²) in [5, 5.41) is 16.2. The van der Waals surface area contributed by atoms with Crippen LogP contribution >= 0.6 is 0 Å². The molecule has 96 valence electrons. The fourth-order valence-corrected chi connectivity index (χ4v) is 1.72. The first kappa shape index (κ1) is 12.4. The molecule has 2 rings (SSSR count). The Labute approximate surface area is 104 Å². The zero-order valence-electron chi connectivity index (χ0n) is 10.3. The molecule has 0 aliphatic carbocycles. The first-order valence-electron chi connectivity index (χ1n) is 5.58. The Hall–Kier alpha value is -2.08. The first-order valence-corrected chi connectivity index (χ1v) is 5.58. The minimum Gasteiger partial charge on any atom is -0.475 e. The average molecular weight is 249 g/mol. The second-order valence-corrected chi connectivity index (χ2v) is 4.11. The zero-order chi connectivity index (χ0) is 13.1. The van der Waals surface area contributed by atoms with Crippen LogP contribution in [0.1, 0.15) is 27.6 Å². The van der Waals surface area contributed by atoms with Crippen LogP contribution in [0.25, 0.3) is 0 Å². The van der Waals surface area contributed by atoms with E-state index in [9.17, 15) is 4.79 Å². The van der Waals surface area contributed by atoms with Crippen LogP contribution in [0.4, 0.5) is 0 Å². The van der Waals surface area contributed by atoms with E-state index in [1.807, 2.05) is 19.3 Å². The third kappa shape index (κ3) is 2.78. The maximum Gasteiger partial charge on any atom is 0.372 e. The number of aromatic carboxylic acids is 1. The van der Waals surface area contributed by atoms with Crippen molar-refractivity contribution >= 4 is 5.97 Å². The molecule has 6 nitrogen and oxygen atoms in total. The summed E-state index contributed by atoms with van der Waals surface area (Å²) in [6, 6.07) is 3.65. The van der Waals surface area contributed by atoms with E-state index in [1.165, 1.54) is 0 Å². The third-order valence-electron chi connectivity index (χ3n) is 2.54. The van der Waals surface area contributed by atoms with Gasteiger partial charge in [-0.3, -0.25) is 4.68 Å². The molecule has 2 aromatic rings. The molecule has 18 heavy (non-hydrogen) atoms. The van der Waals surface area contributed by atoms with Gasteiger partial charge < -0.3 is 14.8 Å². The summed E-state index contributed by atoms with van der Waals surface area (Å²) in [6.07, 6.45) is 1.87. The molecule has 2 N–H and O–H groups in total. The minimum atomic E-state index is -1.04. The van der Waals surface area contributed by atoms with Gasteiger partial charge in [-0.1, -0.05) is 0 Å². The fraction of sp³-hybridized carbons (Fsp3) is 0.333. The van der Waals surface area contributed by atoms with Crippen LogP contribution in [0.15, 0.2) is 22.7 Å². The summed E-state index contributed by atoms with van der Waals surface area (Å²) in [7, 11) is 1.86. The van der Waals surface area contributed by atoms with Gasteiger partial charge in [-0.05, 0) is 19.1 Å². The third-order valence-corrected chi connectivity index (χ3v) is 2.54. The lowest BCUT2D eigenvalue weighted by Gasteiger charge is -1.99. The summed E-state index contributed by atoms with van der Waals surface area (Å²) < 4.78 is 6.96. The van der Waals surface area contributed by atoms with Crippen LogP contribution in [0.5, 0.6) is 0 Å². The second-order valence-electron chi connectivity index (χ2n) is 4.11. The van der Waals surface area contributed by atoms with Gasteiger partial charge in [0.15, 0.2) is 0 Å². The lowest BCUT2D eigenvalue weighted by Crippen LogP contribution is -2.12. The number of hydrogen-bond acceptors (Lipinski definition) is 4. The maximum absolute atomic E-state index is 10.8. The largest absolute Gasteiger partial charge is 0.475 e. The number of hydrogen-bond donors (Lipinski definition) is 2. The molecule has 0 unspecified atom stereocenters. The highest BCUT2D eigenvalue weighted by atomic mass is 16.4. The molecular formula is C12H15N3O3. The van der Waals surface area contributed by atoms with E-state index in [1.54, 1.807) is 17.7 Å². The maximum atomic E-state index is 10.8. The van der Waals surface area contributed by atoms with Crippen LogP contribution in [-0.2, 0) is 20.1 Å². The van der Waals surface area contributed by atoms with Gasteiger partial charge in [0.05, 0.1) is 12.2 Å². The molecule has 0 bridgehead atoms. The number of nitrogens with one attached hydrogen (secondary N) is 1. The predicted molar refractivity (Wildman–Crippen MR) is 64.2 cm³/mol. The van der Waals surface area contributed by atoms with Gasteiger partial charge in [0, 0.05) is 25.4 Å².